The van der Waals surface area contributed by atoms with Crippen LogP contribution in [0.2, 0.25) is 0 Å². The second-order valence-electron chi connectivity index (χ2n) is 2.90. The van der Waals surface area contributed by atoms with Crippen LogP contribution >= 0.6 is 0 Å². The largest absolute Gasteiger partial charge is 0.396 e. The lowest BCUT2D eigenvalue weighted by Crippen LogP contribution is -2.40. The minimum absolute atomic E-state index is 0.00926. The van der Waals surface area contributed by atoms with Gasteiger partial charge in [-0.15, -0.1) is 0 Å². The third-order valence-corrected chi connectivity index (χ3v) is 2.24. The third kappa shape index (κ3) is 1.06. The minimum atomic E-state index is -0.616. The highest BCUT2D eigenvalue weighted by Gasteiger charge is 2.48. The molecule has 2 fully saturated rings. The first kappa shape index (κ1) is 7.49. The zero-order valence-electron chi connectivity index (χ0n) is 6.28. The van der Waals surface area contributed by atoms with Crippen molar-refractivity contribution in [1.29, 1.82) is 0 Å². The Morgan fingerprint density at radius 1 is 1.36 bits per heavy atom. The Balaban J connectivity index is 2.09. The Labute approximate surface area is 65.1 Å². The van der Waals surface area contributed by atoms with Crippen molar-refractivity contribution < 1.29 is 19.3 Å². The van der Waals surface area contributed by atoms with Gasteiger partial charge in [-0.3, -0.25) is 0 Å². The Kier molecular flexibility index (Phi) is 1.85. The average Bonchev–Trinajstić information content (AvgIpc) is 2.62. The van der Waals surface area contributed by atoms with E-state index in [9.17, 15) is 0 Å². The highest BCUT2D eigenvalue weighted by Crippen LogP contribution is 2.33. The van der Waals surface area contributed by atoms with Gasteiger partial charge in [0.05, 0.1) is 32.3 Å². The van der Waals surface area contributed by atoms with Crippen LogP contribution in [0.1, 0.15) is 0 Å². The van der Waals surface area contributed by atoms with Gasteiger partial charge in [0.1, 0.15) is 6.61 Å². The molecule has 2 heterocycles. The summed E-state index contributed by atoms with van der Waals surface area (Å²) in [5, 5.41) is 8.95. The molecule has 2 saturated heterocycles. The van der Waals surface area contributed by atoms with Gasteiger partial charge in [0, 0.05) is 0 Å². The summed E-state index contributed by atoms with van der Waals surface area (Å²) in [4.78, 5) is 0. The van der Waals surface area contributed by atoms with Crippen LogP contribution < -0.4 is 0 Å². The molecule has 0 aliphatic carbocycles. The zero-order chi connectivity index (χ0) is 7.73. The standard InChI is InChI=1S/C7H12O4/c8-3-6-4-9-5-7(6)10-1-2-11-7/h6,8H,1-5H2. The minimum Gasteiger partial charge on any atom is -0.396 e. The van der Waals surface area contributed by atoms with Gasteiger partial charge < -0.3 is 19.3 Å². The fraction of sp³-hybridized carbons (Fsp3) is 1.00. The molecule has 0 radical (unpaired) electrons. The molecule has 11 heavy (non-hydrogen) atoms. The van der Waals surface area contributed by atoms with Crippen molar-refractivity contribution in [2.24, 2.45) is 5.92 Å². The lowest BCUT2D eigenvalue weighted by molar-refractivity contribution is -0.184. The Morgan fingerprint density at radius 3 is 2.73 bits per heavy atom. The van der Waals surface area contributed by atoms with Crippen LogP contribution in [-0.2, 0) is 14.2 Å². The molecule has 0 saturated carbocycles. The first-order valence-electron chi connectivity index (χ1n) is 3.84. The van der Waals surface area contributed by atoms with E-state index in [1.807, 2.05) is 0 Å². The van der Waals surface area contributed by atoms with Crippen molar-refractivity contribution in [2.45, 2.75) is 5.79 Å². The zero-order valence-corrected chi connectivity index (χ0v) is 6.28. The fourth-order valence-electron chi connectivity index (χ4n) is 1.57. The third-order valence-electron chi connectivity index (χ3n) is 2.24. The molecule has 2 aliphatic rings. The van der Waals surface area contributed by atoms with E-state index in [0.29, 0.717) is 26.4 Å². The van der Waals surface area contributed by atoms with Crippen molar-refractivity contribution in [3.05, 3.63) is 0 Å². The SMILES string of the molecule is OCC1COCC12OCCO2. The summed E-state index contributed by atoms with van der Waals surface area (Å²) >= 11 is 0. The highest BCUT2D eigenvalue weighted by molar-refractivity contribution is 4.86. The predicted octanol–water partition coefficient (Wildman–Crippen LogP) is -0.632. The van der Waals surface area contributed by atoms with Crippen molar-refractivity contribution in [1.82, 2.24) is 0 Å². The monoisotopic (exact) mass is 160 g/mol. The summed E-state index contributed by atoms with van der Waals surface area (Å²) in [7, 11) is 0. The van der Waals surface area contributed by atoms with E-state index in [1.54, 1.807) is 0 Å². The number of aliphatic hydroxyl groups excluding tert-OH is 1. The second-order valence-corrected chi connectivity index (χ2v) is 2.90. The summed E-state index contributed by atoms with van der Waals surface area (Å²) in [6.07, 6.45) is 0. The number of rotatable bonds is 1. The van der Waals surface area contributed by atoms with Gasteiger partial charge in [0.25, 0.3) is 0 Å². The molecule has 2 aliphatic heterocycles. The number of ether oxygens (including phenoxy) is 3. The molecule has 0 amide bonds. The molecular weight excluding hydrogens is 148 g/mol. The van der Waals surface area contributed by atoms with Crippen LogP contribution in [0.3, 0.4) is 0 Å². The topological polar surface area (TPSA) is 47.9 Å². The summed E-state index contributed by atoms with van der Waals surface area (Å²) in [5.74, 6) is -0.626. The van der Waals surface area contributed by atoms with Gasteiger partial charge in [-0.25, -0.2) is 0 Å². The Morgan fingerprint density at radius 2 is 2.09 bits per heavy atom. The summed E-state index contributed by atoms with van der Waals surface area (Å²) < 4.78 is 16.0. The maximum absolute atomic E-state index is 8.95. The lowest BCUT2D eigenvalue weighted by Gasteiger charge is -2.25. The molecule has 1 atom stereocenters. The molecule has 2 rings (SSSR count). The molecule has 0 aromatic rings. The molecule has 1 spiro atoms. The first-order chi connectivity index (χ1) is 5.37. The van der Waals surface area contributed by atoms with Crippen LogP contribution in [0.15, 0.2) is 0 Å². The van der Waals surface area contributed by atoms with E-state index in [-0.39, 0.29) is 12.5 Å². The predicted molar refractivity (Wildman–Crippen MR) is 36.0 cm³/mol. The number of aliphatic hydroxyl groups is 1. The van der Waals surface area contributed by atoms with Gasteiger partial charge in [-0.2, -0.15) is 0 Å². The Bertz CT molecular complexity index is 136. The van der Waals surface area contributed by atoms with Crippen LogP contribution in [0.4, 0.5) is 0 Å². The van der Waals surface area contributed by atoms with Crippen molar-refractivity contribution in [3.63, 3.8) is 0 Å². The van der Waals surface area contributed by atoms with E-state index < -0.39 is 5.79 Å². The molecule has 1 N–H and O–H groups in total. The lowest BCUT2D eigenvalue weighted by atomic mass is 10.0. The normalized spacial score (nSPS) is 35.2. The molecule has 0 bridgehead atoms. The van der Waals surface area contributed by atoms with Crippen LogP contribution in [0.25, 0.3) is 0 Å². The van der Waals surface area contributed by atoms with Gasteiger partial charge in [-0.1, -0.05) is 0 Å². The molecule has 64 valence electrons. The smallest absolute Gasteiger partial charge is 0.199 e. The van der Waals surface area contributed by atoms with Gasteiger partial charge in [0.15, 0.2) is 5.79 Å². The fourth-order valence-corrected chi connectivity index (χ4v) is 1.57. The Hall–Kier alpha value is -0.160. The van der Waals surface area contributed by atoms with Crippen molar-refractivity contribution >= 4 is 0 Å². The van der Waals surface area contributed by atoms with Crippen molar-refractivity contribution in [3.8, 4) is 0 Å². The molecule has 1 unspecified atom stereocenters. The van der Waals surface area contributed by atoms with Crippen molar-refractivity contribution in [2.75, 3.05) is 33.0 Å². The van der Waals surface area contributed by atoms with E-state index in [1.165, 1.54) is 0 Å². The second kappa shape index (κ2) is 2.71. The molecule has 0 aromatic carbocycles. The van der Waals surface area contributed by atoms with Gasteiger partial charge >= 0.3 is 0 Å². The average molecular weight is 160 g/mol. The summed E-state index contributed by atoms with van der Waals surface area (Å²) in [5.41, 5.74) is 0. The maximum Gasteiger partial charge on any atom is 0.199 e. The van der Waals surface area contributed by atoms with E-state index in [0.717, 1.165) is 0 Å². The van der Waals surface area contributed by atoms with Crippen LogP contribution in [-0.4, -0.2) is 43.9 Å². The van der Waals surface area contributed by atoms with E-state index >= 15 is 0 Å². The molecule has 4 nitrogen and oxygen atoms in total. The molecular formula is C7H12O4. The maximum atomic E-state index is 8.95. The van der Waals surface area contributed by atoms with Gasteiger partial charge in [-0.05, 0) is 0 Å². The van der Waals surface area contributed by atoms with E-state index in [4.69, 9.17) is 19.3 Å². The highest BCUT2D eigenvalue weighted by atomic mass is 16.8. The molecule has 0 aromatic heterocycles. The quantitative estimate of drug-likeness (QED) is 0.554. The van der Waals surface area contributed by atoms with Gasteiger partial charge in [0.2, 0.25) is 0 Å². The van der Waals surface area contributed by atoms with E-state index in [2.05, 4.69) is 0 Å². The first-order valence-corrected chi connectivity index (χ1v) is 3.84. The van der Waals surface area contributed by atoms with Crippen LogP contribution in [0.5, 0.6) is 0 Å². The molecule has 4 heteroatoms. The number of hydrogen-bond acceptors (Lipinski definition) is 4. The number of hydrogen-bond donors (Lipinski definition) is 1. The summed E-state index contributed by atoms with van der Waals surface area (Å²) in [6.45, 7) is 2.29. The van der Waals surface area contributed by atoms with Crippen LogP contribution in [0, 0.1) is 5.92 Å². The summed E-state index contributed by atoms with van der Waals surface area (Å²) in [6, 6.07) is 0.